The van der Waals surface area contributed by atoms with Gasteiger partial charge in [0.2, 0.25) is 10.0 Å². The largest absolute Gasteiger partial charge is 0.455 e. The molecule has 1 aliphatic rings. The van der Waals surface area contributed by atoms with Gasteiger partial charge in [-0.05, 0) is 72.4 Å². The first-order chi connectivity index (χ1) is 12.4. The van der Waals surface area contributed by atoms with Crippen LogP contribution in [0, 0.1) is 0 Å². The van der Waals surface area contributed by atoms with E-state index in [1.54, 1.807) is 26.0 Å². The molecule has 8 heteroatoms. The molecule has 0 spiro atoms. The predicted molar refractivity (Wildman–Crippen MR) is 96.7 cm³/mol. The molecule has 1 unspecified atom stereocenters. The molecule has 0 radical (unpaired) electrons. The summed E-state index contributed by atoms with van der Waals surface area (Å²) in [4.78, 5) is 0. The van der Waals surface area contributed by atoms with Gasteiger partial charge in [-0.2, -0.15) is 0 Å². The summed E-state index contributed by atoms with van der Waals surface area (Å²) in [6.07, 6.45) is 1.33. The topological polar surface area (TPSA) is 94.3 Å². The van der Waals surface area contributed by atoms with Gasteiger partial charge in [-0.25, -0.2) is 17.8 Å². The normalized spacial score (nSPS) is 17.0. The van der Waals surface area contributed by atoms with E-state index < -0.39 is 15.3 Å². The van der Waals surface area contributed by atoms with Gasteiger partial charge in [0.1, 0.15) is 11.3 Å². The molecule has 0 saturated carbocycles. The summed E-state index contributed by atoms with van der Waals surface area (Å²) < 4.78 is 37.7. The van der Waals surface area contributed by atoms with Gasteiger partial charge in [0, 0.05) is 6.04 Å². The molecule has 1 aromatic heterocycles. The van der Waals surface area contributed by atoms with E-state index in [1.165, 1.54) is 0 Å². The SMILES string of the molecule is CC(C)S(=O)(=O)NC1Cc2ccc(Oc3cccc4nonc34)cc2C1. The molecule has 1 N–H and O–H groups in total. The number of nitrogens with one attached hydrogen (secondary N) is 1. The Morgan fingerprint density at radius 2 is 1.96 bits per heavy atom. The molecule has 2 aromatic carbocycles. The summed E-state index contributed by atoms with van der Waals surface area (Å²) in [7, 11) is -3.28. The van der Waals surface area contributed by atoms with Crippen molar-refractivity contribution in [2.45, 2.75) is 38.0 Å². The highest BCUT2D eigenvalue weighted by Gasteiger charge is 2.27. The third-order valence-electron chi connectivity index (χ3n) is 4.54. The molecule has 7 nitrogen and oxygen atoms in total. The Hall–Kier alpha value is -2.45. The van der Waals surface area contributed by atoms with E-state index in [4.69, 9.17) is 9.37 Å². The number of hydrogen-bond acceptors (Lipinski definition) is 6. The van der Waals surface area contributed by atoms with E-state index in [-0.39, 0.29) is 6.04 Å². The number of rotatable bonds is 5. The summed E-state index contributed by atoms with van der Waals surface area (Å²) in [5.41, 5.74) is 3.42. The molecule has 0 fully saturated rings. The van der Waals surface area contributed by atoms with Gasteiger partial charge in [-0.15, -0.1) is 0 Å². The standard InChI is InChI=1S/C18H19N3O4S/c1-11(2)26(22,23)21-14-8-12-6-7-15(10-13(12)9-14)24-17-5-3-4-16-18(17)20-25-19-16/h3-7,10-11,14,21H,8-9H2,1-2H3. The van der Waals surface area contributed by atoms with Crippen LogP contribution >= 0.6 is 0 Å². The lowest BCUT2D eigenvalue weighted by Gasteiger charge is -2.14. The van der Waals surface area contributed by atoms with E-state index in [1.807, 2.05) is 24.3 Å². The number of ether oxygens (including phenoxy) is 1. The van der Waals surface area contributed by atoms with Crippen molar-refractivity contribution in [3.63, 3.8) is 0 Å². The highest BCUT2D eigenvalue weighted by Crippen LogP contribution is 2.32. The van der Waals surface area contributed by atoms with Crippen LogP contribution in [-0.2, 0) is 22.9 Å². The Balaban J connectivity index is 1.53. The van der Waals surface area contributed by atoms with E-state index >= 15 is 0 Å². The second-order valence-corrected chi connectivity index (χ2v) is 9.01. The number of nitrogens with zero attached hydrogens (tertiary/aromatic N) is 2. The Kier molecular flexibility index (Phi) is 4.16. The minimum absolute atomic E-state index is 0.115. The van der Waals surface area contributed by atoms with Crippen LogP contribution in [0.4, 0.5) is 0 Å². The van der Waals surface area contributed by atoms with Gasteiger partial charge in [-0.1, -0.05) is 12.1 Å². The molecule has 0 saturated heterocycles. The van der Waals surface area contributed by atoms with Crippen molar-refractivity contribution >= 4 is 21.1 Å². The second kappa shape index (κ2) is 6.37. The number of hydrogen-bond donors (Lipinski definition) is 1. The number of benzene rings is 2. The third-order valence-corrected chi connectivity index (χ3v) is 6.44. The van der Waals surface area contributed by atoms with Crippen LogP contribution in [0.2, 0.25) is 0 Å². The maximum Gasteiger partial charge on any atom is 0.214 e. The van der Waals surface area contributed by atoms with Crippen molar-refractivity contribution < 1.29 is 17.8 Å². The van der Waals surface area contributed by atoms with Crippen LogP contribution in [0.5, 0.6) is 11.5 Å². The van der Waals surface area contributed by atoms with Gasteiger partial charge >= 0.3 is 0 Å². The number of aromatic nitrogens is 2. The van der Waals surface area contributed by atoms with Crippen molar-refractivity contribution in [1.82, 2.24) is 15.0 Å². The van der Waals surface area contributed by atoms with Gasteiger partial charge in [-0.3, -0.25) is 0 Å². The van der Waals surface area contributed by atoms with Crippen molar-refractivity contribution in [3.05, 3.63) is 47.5 Å². The van der Waals surface area contributed by atoms with Crippen LogP contribution in [0.15, 0.2) is 41.0 Å². The maximum absolute atomic E-state index is 12.1. The first-order valence-electron chi connectivity index (χ1n) is 8.44. The van der Waals surface area contributed by atoms with Crippen molar-refractivity contribution in [1.29, 1.82) is 0 Å². The smallest absolute Gasteiger partial charge is 0.214 e. The molecular weight excluding hydrogens is 354 g/mol. The Morgan fingerprint density at radius 3 is 2.77 bits per heavy atom. The Morgan fingerprint density at radius 1 is 1.15 bits per heavy atom. The molecule has 0 aliphatic heterocycles. The lowest BCUT2D eigenvalue weighted by atomic mass is 10.1. The van der Waals surface area contributed by atoms with Gasteiger partial charge < -0.3 is 4.74 Å². The fourth-order valence-electron chi connectivity index (χ4n) is 3.10. The average molecular weight is 373 g/mol. The molecule has 26 heavy (non-hydrogen) atoms. The first kappa shape index (κ1) is 17.0. The van der Waals surface area contributed by atoms with E-state index in [2.05, 4.69) is 15.0 Å². The summed E-state index contributed by atoms with van der Waals surface area (Å²) in [5, 5.41) is 7.23. The first-order valence-corrected chi connectivity index (χ1v) is 9.99. The molecule has 1 heterocycles. The van der Waals surface area contributed by atoms with Crippen LogP contribution in [-0.4, -0.2) is 30.0 Å². The van der Waals surface area contributed by atoms with Crippen LogP contribution in [0.1, 0.15) is 25.0 Å². The molecule has 1 aliphatic carbocycles. The third kappa shape index (κ3) is 3.17. The summed E-state index contributed by atoms with van der Waals surface area (Å²) in [6, 6.07) is 11.1. The quantitative estimate of drug-likeness (QED) is 0.739. The zero-order valence-corrected chi connectivity index (χ0v) is 15.3. The fraction of sp³-hybridized carbons (Fsp3) is 0.333. The summed E-state index contributed by atoms with van der Waals surface area (Å²) in [6.45, 7) is 3.35. The van der Waals surface area contributed by atoms with Gasteiger partial charge in [0.05, 0.1) is 5.25 Å². The van der Waals surface area contributed by atoms with Gasteiger partial charge in [0.15, 0.2) is 11.3 Å². The molecule has 1 atom stereocenters. The Labute approximate surface area is 151 Å². The minimum atomic E-state index is -3.28. The number of fused-ring (bicyclic) bond motifs is 2. The molecule has 0 amide bonds. The zero-order valence-electron chi connectivity index (χ0n) is 14.5. The van der Waals surface area contributed by atoms with Crippen molar-refractivity contribution in [2.24, 2.45) is 0 Å². The fourth-order valence-corrected chi connectivity index (χ4v) is 4.00. The molecule has 136 valence electrons. The van der Waals surface area contributed by atoms with Crippen molar-refractivity contribution in [2.75, 3.05) is 0 Å². The van der Waals surface area contributed by atoms with Gasteiger partial charge in [0.25, 0.3) is 0 Å². The van der Waals surface area contributed by atoms with Crippen LogP contribution in [0.25, 0.3) is 11.0 Å². The highest BCUT2D eigenvalue weighted by molar-refractivity contribution is 7.90. The monoisotopic (exact) mass is 373 g/mol. The number of sulfonamides is 1. The molecule has 4 rings (SSSR count). The molecular formula is C18H19N3O4S. The zero-order chi connectivity index (χ0) is 18.3. The summed E-state index contributed by atoms with van der Waals surface area (Å²) in [5.74, 6) is 1.24. The lowest BCUT2D eigenvalue weighted by molar-refractivity contribution is 0.314. The molecule has 3 aromatic rings. The van der Waals surface area contributed by atoms with E-state index in [9.17, 15) is 8.42 Å². The van der Waals surface area contributed by atoms with Crippen LogP contribution in [0.3, 0.4) is 0 Å². The van der Waals surface area contributed by atoms with E-state index in [0.717, 1.165) is 11.1 Å². The van der Waals surface area contributed by atoms with Crippen molar-refractivity contribution in [3.8, 4) is 11.5 Å². The predicted octanol–water partition coefficient (Wildman–Crippen LogP) is 2.81. The summed E-state index contributed by atoms with van der Waals surface area (Å²) >= 11 is 0. The Bertz CT molecular complexity index is 1060. The molecule has 0 bridgehead atoms. The van der Waals surface area contributed by atoms with Crippen LogP contribution < -0.4 is 9.46 Å². The lowest BCUT2D eigenvalue weighted by Crippen LogP contribution is -2.39. The minimum Gasteiger partial charge on any atom is -0.455 e. The highest BCUT2D eigenvalue weighted by atomic mass is 32.2. The average Bonchev–Trinajstić information content (AvgIpc) is 3.20. The van der Waals surface area contributed by atoms with E-state index in [0.29, 0.717) is 35.4 Å². The second-order valence-electron chi connectivity index (χ2n) is 6.74. The maximum atomic E-state index is 12.1.